The zero-order valence-corrected chi connectivity index (χ0v) is 14.3. The van der Waals surface area contributed by atoms with Crippen LogP contribution in [-0.4, -0.2) is 40.7 Å². The van der Waals surface area contributed by atoms with Crippen LogP contribution in [0.25, 0.3) is 0 Å². The molecule has 0 fully saturated rings. The molecule has 0 saturated carbocycles. The molecule has 1 N–H and O–H groups in total. The number of nitrogens with one attached hydrogen (secondary N) is 1. The van der Waals surface area contributed by atoms with Gasteiger partial charge in [0.25, 0.3) is 0 Å². The molecule has 0 bridgehead atoms. The lowest BCUT2D eigenvalue weighted by molar-refractivity contribution is 0.286. The van der Waals surface area contributed by atoms with E-state index in [9.17, 15) is 8.42 Å². The molecule has 0 aromatic heterocycles. The Morgan fingerprint density at radius 1 is 1.30 bits per heavy atom. The molecule has 0 saturated heterocycles. The zero-order chi connectivity index (χ0) is 15.2. The molecular weight excluding hydrogens is 346 g/mol. The maximum atomic E-state index is 11.1. The number of hydrogen-bond acceptors (Lipinski definition) is 5. The number of sulfone groups is 1. The van der Waals surface area contributed by atoms with E-state index in [0.717, 1.165) is 10.0 Å². The summed E-state index contributed by atoms with van der Waals surface area (Å²) in [5.74, 6) is 1.12. The summed E-state index contributed by atoms with van der Waals surface area (Å²) < 4.78 is 34.1. The molecule has 0 atom stereocenters. The Labute approximate surface area is 128 Å². The molecule has 0 spiro atoms. The standard InChI is InChI=1S/C13H20BrNO4S/c1-4-18-12-8-10(9-15-2)7-11(14)13(12)19-5-6-20(3,16)17/h7-8,15H,4-6,9H2,1-3H3. The third-order valence-electron chi connectivity index (χ3n) is 2.45. The summed E-state index contributed by atoms with van der Waals surface area (Å²) in [7, 11) is -1.17. The van der Waals surface area contributed by atoms with Crippen molar-refractivity contribution in [2.24, 2.45) is 0 Å². The van der Waals surface area contributed by atoms with Gasteiger partial charge in [0.05, 0.1) is 16.8 Å². The highest BCUT2D eigenvalue weighted by Crippen LogP contribution is 2.37. The minimum absolute atomic E-state index is 0.0245. The van der Waals surface area contributed by atoms with Gasteiger partial charge in [-0.15, -0.1) is 0 Å². The van der Waals surface area contributed by atoms with Crippen LogP contribution in [0.4, 0.5) is 0 Å². The molecule has 5 nitrogen and oxygen atoms in total. The van der Waals surface area contributed by atoms with Gasteiger partial charge < -0.3 is 14.8 Å². The quantitative estimate of drug-likeness (QED) is 0.762. The van der Waals surface area contributed by atoms with Crippen LogP contribution in [0.15, 0.2) is 16.6 Å². The molecule has 0 aliphatic rings. The van der Waals surface area contributed by atoms with Crippen LogP contribution in [0.3, 0.4) is 0 Å². The molecule has 0 radical (unpaired) electrons. The molecule has 1 aromatic carbocycles. The fourth-order valence-electron chi connectivity index (χ4n) is 1.63. The van der Waals surface area contributed by atoms with Crippen molar-refractivity contribution in [2.45, 2.75) is 13.5 Å². The average Bonchev–Trinajstić information content (AvgIpc) is 2.32. The lowest BCUT2D eigenvalue weighted by atomic mass is 10.2. The molecule has 7 heteroatoms. The van der Waals surface area contributed by atoms with Crippen LogP contribution in [0.2, 0.25) is 0 Å². The van der Waals surface area contributed by atoms with E-state index in [4.69, 9.17) is 9.47 Å². The van der Waals surface area contributed by atoms with Gasteiger partial charge in [-0.3, -0.25) is 0 Å². The molecule has 20 heavy (non-hydrogen) atoms. The van der Waals surface area contributed by atoms with Crippen molar-refractivity contribution in [1.82, 2.24) is 5.32 Å². The van der Waals surface area contributed by atoms with E-state index in [0.29, 0.717) is 24.7 Å². The Balaban J connectivity index is 2.92. The Kier molecular flexibility index (Phi) is 6.78. The van der Waals surface area contributed by atoms with E-state index in [1.807, 2.05) is 26.1 Å². The first-order valence-corrected chi connectivity index (χ1v) is 9.13. The fraction of sp³-hybridized carbons (Fsp3) is 0.538. The average molecular weight is 366 g/mol. The van der Waals surface area contributed by atoms with Crippen molar-refractivity contribution in [3.8, 4) is 11.5 Å². The molecule has 0 aliphatic heterocycles. The summed E-state index contributed by atoms with van der Waals surface area (Å²) in [6.45, 7) is 3.21. The van der Waals surface area contributed by atoms with Gasteiger partial charge >= 0.3 is 0 Å². The normalized spacial score (nSPS) is 11.4. The van der Waals surface area contributed by atoms with E-state index in [1.54, 1.807) is 0 Å². The van der Waals surface area contributed by atoms with Crippen molar-refractivity contribution in [1.29, 1.82) is 0 Å². The van der Waals surface area contributed by atoms with Gasteiger partial charge in [-0.05, 0) is 47.6 Å². The maximum absolute atomic E-state index is 11.1. The smallest absolute Gasteiger partial charge is 0.175 e. The van der Waals surface area contributed by atoms with Gasteiger partial charge in [0.2, 0.25) is 0 Å². The van der Waals surface area contributed by atoms with Crippen LogP contribution in [0.1, 0.15) is 12.5 Å². The zero-order valence-electron chi connectivity index (χ0n) is 11.9. The molecule has 0 unspecified atom stereocenters. The van der Waals surface area contributed by atoms with Crippen LogP contribution in [0, 0.1) is 0 Å². The summed E-state index contributed by atoms with van der Waals surface area (Å²) in [6.07, 6.45) is 1.19. The third-order valence-corrected chi connectivity index (χ3v) is 3.95. The first-order chi connectivity index (χ1) is 9.37. The van der Waals surface area contributed by atoms with Crippen LogP contribution in [0.5, 0.6) is 11.5 Å². The van der Waals surface area contributed by atoms with E-state index in [2.05, 4.69) is 21.2 Å². The van der Waals surface area contributed by atoms with E-state index >= 15 is 0 Å². The van der Waals surface area contributed by atoms with E-state index in [1.165, 1.54) is 6.26 Å². The maximum Gasteiger partial charge on any atom is 0.175 e. The largest absolute Gasteiger partial charge is 0.490 e. The van der Waals surface area contributed by atoms with Crippen molar-refractivity contribution >= 4 is 25.8 Å². The molecule has 1 rings (SSSR count). The third kappa shape index (κ3) is 5.68. The van der Waals surface area contributed by atoms with Gasteiger partial charge in [-0.2, -0.15) is 0 Å². The Hall–Kier alpha value is -0.790. The predicted octanol–water partition coefficient (Wildman–Crippen LogP) is 1.99. The fourth-order valence-corrected chi connectivity index (χ4v) is 2.62. The number of halogens is 1. The molecular formula is C13H20BrNO4S. The van der Waals surface area contributed by atoms with Crippen LogP contribution < -0.4 is 14.8 Å². The second kappa shape index (κ2) is 7.85. The Morgan fingerprint density at radius 3 is 2.55 bits per heavy atom. The molecule has 114 valence electrons. The molecule has 0 amide bonds. The topological polar surface area (TPSA) is 64.6 Å². The summed E-state index contributed by atoms with van der Waals surface area (Å²) in [5, 5.41) is 3.07. The minimum atomic E-state index is -3.04. The molecule has 0 heterocycles. The van der Waals surface area contributed by atoms with Gasteiger partial charge in [0.1, 0.15) is 6.61 Å². The molecule has 1 aromatic rings. The number of rotatable bonds is 8. The number of hydrogen-bond donors (Lipinski definition) is 1. The van der Waals surface area contributed by atoms with Crippen molar-refractivity contribution in [2.75, 3.05) is 32.3 Å². The lowest BCUT2D eigenvalue weighted by Gasteiger charge is -2.15. The summed E-state index contributed by atoms with van der Waals surface area (Å²) >= 11 is 3.44. The van der Waals surface area contributed by atoms with E-state index < -0.39 is 9.84 Å². The Bertz CT molecular complexity index is 546. The monoisotopic (exact) mass is 365 g/mol. The summed E-state index contributed by atoms with van der Waals surface area (Å²) in [5.41, 5.74) is 1.05. The van der Waals surface area contributed by atoms with Gasteiger partial charge in [-0.25, -0.2) is 8.42 Å². The van der Waals surface area contributed by atoms with Crippen molar-refractivity contribution < 1.29 is 17.9 Å². The number of ether oxygens (including phenoxy) is 2. The van der Waals surface area contributed by atoms with Crippen molar-refractivity contribution in [3.63, 3.8) is 0 Å². The highest BCUT2D eigenvalue weighted by molar-refractivity contribution is 9.10. The first kappa shape index (κ1) is 17.3. The second-order valence-electron chi connectivity index (χ2n) is 4.35. The molecule has 0 aliphatic carbocycles. The first-order valence-electron chi connectivity index (χ1n) is 6.27. The van der Waals surface area contributed by atoms with Crippen molar-refractivity contribution in [3.05, 3.63) is 22.2 Å². The summed E-state index contributed by atoms with van der Waals surface area (Å²) in [4.78, 5) is 0. The minimum Gasteiger partial charge on any atom is -0.490 e. The van der Waals surface area contributed by atoms with Crippen LogP contribution in [-0.2, 0) is 16.4 Å². The van der Waals surface area contributed by atoms with E-state index in [-0.39, 0.29) is 12.4 Å². The van der Waals surface area contributed by atoms with Gasteiger partial charge in [0, 0.05) is 12.8 Å². The predicted molar refractivity (Wildman–Crippen MR) is 83.3 cm³/mol. The lowest BCUT2D eigenvalue weighted by Crippen LogP contribution is -2.13. The SMILES string of the molecule is CCOc1cc(CNC)cc(Br)c1OCCS(C)(=O)=O. The highest BCUT2D eigenvalue weighted by Gasteiger charge is 2.13. The van der Waals surface area contributed by atoms with Gasteiger partial charge in [0.15, 0.2) is 21.3 Å². The Morgan fingerprint density at radius 2 is 2.00 bits per heavy atom. The van der Waals surface area contributed by atoms with Crippen LogP contribution >= 0.6 is 15.9 Å². The number of benzene rings is 1. The summed E-state index contributed by atoms with van der Waals surface area (Å²) in [6, 6.07) is 3.81. The second-order valence-corrected chi connectivity index (χ2v) is 7.46. The van der Waals surface area contributed by atoms with Gasteiger partial charge in [-0.1, -0.05) is 0 Å². The highest BCUT2D eigenvalue weighted by atomic mass is 79.9.